The maximum absolute atomic E-state index is 13.3. The van der Waals surface area contributed by atoms with Crippen molar-refractivity contribution in [2.75, 3.05) is 25.1 Å². The molecule has 0 unspecified atom stereocenters. The van der Waals surface area contributed by atoms with Crippen molar-refractivity contribution >= 4 is 57.2 Å². The minimum atomic E-state index is -4.15. The van der Waals surface area contributed by atoms with Crippen LogP contribution in [-0.4, -0.2) is 47.5 Å². The number of hydrogen-bond acceptors (Lipinski definition) is 8. The van der Waals surface area contributed by atoms with Gasteiger partial charge >= 0.3 is 6.16 Å². The molecule has 0 fully saturated rings. The lowest BCUT2D eigenvalue weighted by molar-refractivity contribution is -0.119. The molecule has 1 N–H and O–H groups in total. The largest absolute Gasteiger partial charge is 0.513 e. The number of benzene rings is 3. The molecule has 0 aliphatic heterocycles. The van der Waals surface area contributed by atoms with Crippen LogP contribution in [0.5, 0.6) is 11.5 Å². The highest BCUT2D eigenvalue weighted by molar-refractivity contribution is 7.92. The minimum absolute atomic E-state index is 0.0243. The number of anilines is 1. The van der Waals surface area contributed by atoms with Crippen LogP contribution in [0.15, 0.2) is 76.7 Å². The Hall–Kier alpha value is -3.80. The Bertz CT molecular complexity index is 1400. The molecule has 0 heterocycles. The number of rotatable bonds is 9. The van der Waals surface area contributed by atoms with E-state index in [0.717, 1.165) is 4.31 Å². The molecule has 0 atom stereocenters. The number of carbonyl (C=O) groups is 2. The summed E-state index contributed by atoms with van der Waals surface area (Å²) in [4.78, 5) is 24.0. The molecule has 3 aromatic carbocycles. The van der Waals surface area contributed by atoms with Gasteiger partial charge in [0, 0.05) is 10.0 Å². The molecule has 0 saturated heterocycles. The molecule has 0 saturated carbocycles. The highest BCUT2D eigenvalue weighted by Crippen LogP contribution is 2.30. The summed E-state index contributed by atoms with van der Waals surface area (Å²) >= 11 is 12.2. The van der Waals surface area contributed by atoms with Crippen LogP contribution in [-0.2, 0) is 19.6 Å². The lowest BCUT2D eigenvalue weighted by Gasteiger charge is -2.24. The first-order chi connectivity index (χ1) is 17.6. The molecule has 37 heavy (non-hydrogen) atoms. The highest BCUT2D eigenvalue weighted by atomic mass is 35.5. The Morgan fingerprint density at radius 2 is 1.65 bits per heavy atom. The number of carbonyl (C=O) groups excluding carboxylic acids is 2. The maximum atomic E-state index is 13.3. The number of halogens is 2. The number of nitrogens with one attached hydrogen (secondary N) is 1. The zero-order valence-electron chi connectivity index (χ0n) is 19.6. The van der Waals surface area contributed by atoms with Gasteiger partial charge in [0.2, 0.25) is 0 Å². The molecule has 10 nitrogen and oxygen atoms in total. The van der Waals surface area contributed by atoms with E-state index in [2.05, 4.69) is 15.3 Å². The number of nitrogens with zero attached hydrogens (tertiary/aromatic N) is 2. The standard InChI is InChI=1S/C24H21Cl2N3O7S/c1-34-22-10-16(8-9-21(22)36-24(31)35-2)14-27-28-23(30)15-29(19-12-17(25)11-18(26)13-19)37(32,33)20-6-4-3-5-7-20/h3-14H,15H2,1-2H3,(H,28,30)/b27-14-. The normalized spacial score (nSPS) is 11.1. The second-order valence-corrected chi connectivity index (χ2v) is 9.95. The zero-order valence-corrected chi connectivity index (χ0v) is 21.9. The van der Waals surface area contributed by atoms with Gasteiger partial charge < -0.3 is 14.2 Å². The van der Waals surface area contributed by atoms with Gasteiger partial charge in [-0.05, 0) is 54.1 Å². The summed E-state index contributed by atoms with van der Waals surface area (Å²) in [7, 11) is -1.60. The van der Waals surface area contributed by atoms with Gasteiger partial charge in [0.05, 0.1) is 31.0 Å². The molecule has 0 aliphatic rings. The molecule has 0 spiro atoms. The predicted octanol–water partition coefficient (Wildman–Crippen LogP) is 4.49. The van der Waals surface area contributed by atoms with E-state index in [0.29, 0.717) is 5.56 Å². The highest BCUT2D eigenvalue weighted by Gasteiger charge is 2.27. The van der Waals surface area contributed by atoms with Crippen molar-refractivity contribution in [1.82, 2.24) is 5.43 Å². The molecule has 1 amide bonds. The average Bonchev–Trinajstić information content (AvgIpc) is 2.87. The third-order valence-corrected chi connectivity index (χ3v) is 6.93. The SMILES string of the molecule is COC(=O)Oc1ccc(/C=N\NC(=O)CN(c2cc(Cl)cc(Cl)c2)S(=O)(=O)c2ccccc2)cc1OC. The van der Waals surface area contributed by atoms with Crippen molar-refractivity contribution in [1.29, 1.82) is 0 Å². The maximum Gasteiger partial charge on any atom is 0.513 e. The van der Waals surface area contributed by atoms with Crippen LogP contribution in [0.2, 0.25) is 10.0 Å². The summed E-state index contributed by atoms with van der Waals surface area (Å²) in [5, 5.41) is 4.27. The fourth-order valence-corrected chi connectivity index (χ4v) is 4.98. The van der Waals surface area contributed by atoms with Crippen LogP contribution in [0.25, 0.3) is 0 Å². The summed E-state index contributed by atoms with van der Waals surface area (Å²) < 4.78 is 42.2. The van der Waals surface area contributed by atoms with Crippen LogP contribution in [0.3, 0.4) is 0 Å². The van der Waals surface area contributed by atoms with Gasteiger partial charge in [-0.3, -0.25) is 9.10 Å². The van der Waals surface area contributed by atoms with Crippen LogP contribution >= 0.6 is 23.2 Å². The first-order valence-corrected chi connectivity index (χ1v) is 12.6. The van der Waals surface area contributed by atoms with E-state index in [4.69, 9.17) is 32.7 Å². The molecular weight excluding hydrogens is 545 g/mol. The fourth-order valence-electron chi connectivity index (χ4n) is 3.04. The fraction of sp³-hybridized carbons (Fsp3) is 0.125. The molecule has 3 aromatic rings. The Balaban J connectivity index is 1.80. The van der Waals surface area contributed by atoms with E-state index < -0.39 is 28.6 Å². The lowest BCUT2D eigenvalue weighted by atomic mass is 10.2. The smallest absolute Gasteiger partial charge is 0.493 e. The number of sulfonamides is 1. The number of hydrogen-bond donors (Lipinski definition) is 1. The summed E-state index contributed by atoms with van der Waals surface area (Å²) in [6.45, 7) is -0.611. The summed E-state index contributed by atoms with van der Waals surface area (Å²) in [5.74, 6) is -0.388. The lowest BCUT2D eigenvalue weighted by Crippen LogP contribution is -2.39. The molecule has 0 radical (unpaired) electrons. The van der Waals surface area contributed by atoms with Crippen LogP contribution in [0.4, 0.5) is 10.5 Å². The van der Waals surface area contributed by atoms with E-state index in [9.17, 15) is 18.0 Å². The Morgan fingerprint density at radius 3 is 2.27 bits per heavy atom. The number of ether oxygens (including phenoxy) is 3. The second kappa shape index (κ2) is 12.4. The van der Waals surface area contributed by atoms with E-state index in [1.54, 1.807) is 24.3 Å². The first kappa shape index (κ1) is 27.8. The molecule has 13 heteroatoms. The van der Waals surface area contributed by atoms with Gasteiger partial charge in [0.25, 0.3) is 15.9 Å². The van der Waals surface area contributed by atoms with E-state index >= 15 is 0 Å². The quantitative estimate of drug-likeness (QED) is 0.175. The van der Waals surface area contributed by atoms with Crippen molar-refractivity contribution in [3.05, 3.63) is 82.3 Å². The van der Waals surface area contributed by atoms with Crippen molar-refractivity contribution in [2.45, 2.75) is 4.90 Å². The number of hydrazone groups is 1. The van der Waals surface area contributed by atoms with Crippen molar-refractivity contribution < 1.29 is 32.2 Å². The van der Waals surface area contributed by atoms with Crippen LogP contribution in [0, 0.1) is 0 Å². The van der Waals surface area contributed by atoms with E-state index in [-0.39, 0.29) is 32.1 Å². The molecule has 0 bridgehead atoms. The summed E-state index contributed by atoms with van der Waals surface area (Å²) in [6.07, 6.45) is 0.386. The topological polar surface area (TPSA) is 124 Å². The predicted molar refractivity (Wildman–Crippen MR) is 139 cm³/mol. The number of amides is 1. The van der Waals surface area contributed by atoms with Gasteiger partial charge in [0.1, 0.15) is 6.54 Å². The summed E-state index contributed by atoms with van der Waals surface area (Å²) in [5.41, 5.74) is 2.88. The van der Waals surface area contributed by atoms with Crippen molar-refractivity contribution in [2.24, 2.45) is 5.10 Å². The van der Waals surface area contributed by atoms with Gasteiger partial charge in [-0.25, -0.2) is 18.6 Å². The van der Waals surface area contributed by atoms with Gasteiger partial charge in [-0.1, -0.05) is 41.4 Å². The molecule has 194 valence electrons. The molecule has 0 aromatic heterocycles. The van der Waals surface area contributed by atoms with E-state index in [1.165, 1.54) is 62.9 Å². The van der Waals surface area contributed by atoms with Crippen molar-refractivity contribution in [3.8, 4) is 11.5 Å². The Morgan fingerprint density at radius 1 is 0.973 bits per heavy atom. The Labute approximate surface area is 223 Å². The second-order valence-electron chi connectivity index (χ2n) is 7.21. The third-order valence-electron chi connectivity index (χ3n) is 4.70. The van der Waals surface area contributed by atoms with Crippen LogP contribution in [0.1, 0.15) is 5.56 Å². The average molecular weight is 566 g/mol. The monoisotopic (exact) mass is 565 g/mol. The van der Waals surface area contributed by atoms with Crippen molar-refractivity contribution in [3.63, 3.8) is 0 Å². The minimum Gasteiger partial charge on any atom is -0.493 e. The summed E-state index contributed by atoms with van der Waals surface area (Å²) in [6, 6.07) is 16.3. The van der Waals surface area contributed by atoms with Gasteiger partial charge in [-0.15, -0.1) is 0 Å². The molecule has 3 rings (SSSR count). The Kier molecular flexibility index (Phi) is 9.34. The number of methoxy groups -OCH3 is 2. The van der Waals surface area contributed by atoms with E-state index in [1.807, 2.05) is 0 Å². The first-order valence-electron chi connectivity index (χ1n) is 10.4. The molecule has 0 aliphatic carbocycles. The van der Waals surface area contributed by atoms with Crippen LogP contribution < -0.4 is 19.2 Å². The van der Waals surface area contributed by atoms with Gasteiger partial charge in [-0.2, -0.15) is 5.10 Å². The third kappa shape index (κ3) is 7.35. The zero-order chi connectivity index (χ0) is 27.0. The van der Waals surface area contributed by atoms with Gasteiger partial charge in [0.15, 0.2) is 11.5 Å². The molecular formula is C24H21Cl2N3O7S.